The van der Waals surface area contributed by atoms with Gasteiger partial charge in [-0.15, -0.1) is 0 Å². The van der Waals surface area contributed by atoms with Gasteiger partial charge < -0.3 is 10.2 Å². The Bertz CT molecular complexity index is 1350. The molecule has 3 aromatic heterocycles. The summed E-state index contributed by atoms with van der Waals surface area (Å²) in [5.74, 6) is -0.257. The Morgan fingerprint density at radius 3 is 2.53 bits per heavy atom. The molecule has 5 heterocycles. The minimum absolute atomic E-state index is 0.257. The van der Waals surface area contributed by atoms with Gasteiger partial charge >= 0.3 is 0 Å². The van der Waals surface area contributed by atoms with Crippen molar-refractivity contribution in [1.29, 1.82) is 0 Å². The van der Waals surface area contributed by atoms with Crippen molar-refractivity contribution in [3.05, 3.63) is 66.4 Å². The standard InChI is InChI=1S/C28H31N7O/c36-28(31-22-7-8-23(30-17-22)19-34-10-4-5-11-34)27-25-15-20(6-9-26(25)32-33-27)21-14-24(18-29-16-21)35-12-2-1-3-13-35/h6-9,14-18H,1-5,10-13,19H2,(H,31,36)(H,32,33). The number of anilines is 2. The van der Waals surface area contributed by atoms with Gasteiger partial charge in [-0.25, -0.2) is 0 Å². The third-order valence-corrected chi connectivity index (χ3v) is 7.22. The van der Waals surface area contributed by atoms with Gasteiger partial charge in [0.25, 0.3) is 5.91 Å². The molecular formula is C28H31N7O. The number of hydrogen-bond acceptors (Lipinski definition) is 6. The average Bonchev–Trinajstić information content (AvgIpc) is 3.60. The first-order chi connectivity index (χ1) is 17.7. The summed E-state index contributed by atoms with van der Waals surface area (Å²) >= 11 is 0. The van der Waals surface area contributed by atoms with Crippen LogP contribution >= 0.6 is 0 Å². The first-order valence-corrected chi connectivity index (χ1v) is 12.9. The van der Waals surface area contributed by atoms with Crippen LogP contribution in [0.4, 0.5) is 11.4 Å². The Kier molecular flexibility index (Phi) is 6.34. The summed E-state index contributed by atoms with van der Waals surface area (Å²) in [6, 6.07) is 12.1. The summed E-state index contributed by atoms with van der Waals surface area (Å²) in [5, 5.41) is 11.0. The topological polar surface area (TPSA) is 90.0 Å². The second-order valence-electron chi connectivity index (χ2n) is 9.79. The predicted molar refractivity (Wildman–Crippen MR) is 142 cm³/mol. The van der Waals surface area contributed by atoms with Crippen LogP contribution in [0.15, 0.2) is 55.0 Å². The highest BCUT2D eigenvalue weighted by Gasteiger charge is 2.17. The average molecular weight is 482 g/mol. The lowest BCUT2D eigenvalue weighted by Crippen LogP contribution is -2.29. The van der Waals surface area contributed by atoms with Crippen molar-refractivity contribution in [2.75, 3.05) is 36.4 Å². The van der Waals surface area contributed by atoms with Crippen LogP contribution in [0, 0.1) is 0 Å². The number of nitrogens with zero attached hydrogens (tertiary/aromatic N) is 5. The van der Waals surface area contributed by atoms with Gasteiger partial charge in [-0.2, -0.15) is 5.10 Å². The summed E-state index contributed by atoms with van der Waals surface area (Å²) in [7, 11) is 0. The zero-order valence-corrected chi connectivity index (χ0v) is 20.4. The summed E-state index contributed by atoms with van der Waals surface area (Å²) < 4.78 is 0. The van der Waals surface area contributed by atoms with Crippen LogP contribution in [0.2, 0.25) is 0 Å². The van der Waals surface area contributed by atoms with Gasteiger partial charge in [0.2, 0.25) is 0 Å². The molecule has 2 aliphatic heterocycles. The number of amides is 1. The SMILES string of the molecule is O=C(Nc1ccc(CN2CCCC2)nc1)c1n[nH]c2ccc(-c3cncc(N4CCCCC4)c3)cc12. The number of hydrogen-bond donors (Lipinski definition) is 2. The van der Waals surface area contributed by atoms with Crippen molar-refractivity contribution in [2.24, 2.45) is 0 Å². The molecule has 0 radical (unpaired) electrons. The first kappa shape index (κ1) is 22.7. The number of fused-ring (bicyclic) bond motifs is 1. The van der Waals surface area contributed by atoms with Crippen molar-refractivity contribution in [2.45, 2.75) is 38.6 Å². The Morgan fingerprint density at radius 1 is 0.889 bits per heavy atom. The van der Waals surface area contributed by atoms with Crippen molar-refractivity contribution >= 4 is 28.2 Å². The molecule has 1 amide bonds. The highest BCUT2D eigenvalue weighted by atomic mass is 16.1. The lowest BCUT2D eigenvalue weighted by molar-refractivity contribution is 0.102. The number of aromatic amines is 1. The van der Waals surface area contributed by atoms with E-state index in [2.05, 4.69) is 41.3 Å². The van der Waals surface area contributed by atoms with Crippen LogP contribution in [-0.4, -0.2) is 57.2 Å². The van der Waals surface area contributed by atoms with Gasteiger partial charge in [0.15, 0.2) is 5.69 Å². The van der Waals surface area contributed by atoms with Crippen LogP contribution in [0.3, 0.4) is 0 Å². The van der Waals surface area contributed by atoms with E-state index in [9.17, 15) is 4.79 Å². The molecule has 2 fully saturated rings. The maximum absolute atomic E-state index is 13.1. The number of benzene rings is 1. The molecule has 36 heavy (non-hydrogen) atoms. The van der Waals surface area contributed by atoms with E-state index < -0.39 is 0 Å². The van der Waals surface area contributed by atoms with E-state index in [0.29, 0.717) is 11.4 Å². The third-order valence-electron chi connectivity index (χ3n) is 7.22. The van der Waals surface area contributed by atoms with Gasteiger partial charge in [0.05, 0.1) is 35.0 Å². The molecule has 4 aromatic rings. The Balaban J connectivity index is 1.20. The molecule has 2 saturated heterocycles. The number of nitrogens with one attached hydrogen (secondary N) is 2. The molecule has 8 heteroatoms. The molecular weight excluding hydrogens is 450 g/mol. The van der Waals surface area contributed by atoms with E-state index in [1.54, 1.807) is 6.20 Å². The van der Waals surface area contributed by atoms with E-state index in [-0.39, 0.29) is 5.91 Å². The van der Waals surface area contributed by atoms with Crippen LogP contribution in [0.25, 0.3) is 22.0 Å². The van der Waals surface area contributed by atoms with Crippen LogP contribution in [0.5, 0.6) is 0 Å². The summed E-state index contributed by atoms with van der Waals surface area (Å²) in [6.07, 6.45) is 11.8. The molecule has 6 rings (SSSR count). The number of likely N-dealkylation sites (tertiary alicyclic amines) is 1. The van der Waals surface area contributed by atoms with Gasteiger partial charge in [0.1, 0.15) is 0 Å². The second-order valence-corrected chi connectivity index (χ2v) is 9.79. The number of carbonyl (C=O) groups excluding carboxylic acids is 1. The van der Waals surface area contributed by atoms with Crippen molar-refractivity contribution < 1.29 is 4.79 Å². The Morgan fingerprint density at radius 2 is 1.72 bits per heavy atom. The quantitative estimate of drug-likeness (QED) is 0.409. The summed E-state index contributed by atoms with van der Waals surface area (Å²) in [4.78, 5) is 27.0. The lowest BCUT2D eigenvalue weighted by atomic mass is 10.0. The molecule has 0 spiro atoms. The molecule has 1 aromatic carbocycles. The molecule has 0 saturated carbocycles. The first-order valence-electron chi connectivity index (χ1n) is 12.9. The number of rotatable bonds is 6. The predicted octanol–water partition coefficient (Wildman–Crippen LogP) is 4.86. The summed E-state index contributed by atoms with van der Waals surface area (Å²) in [5.41, 5.74) is 6.07. The maximum atomic E-state index is 13.1. The number of pyridine rings is 2. The molecule has 2 N–H and O–H groups in total. The fourth-order valence-corrected chi connectivity index (χ4v) is 5.23. The zero-order chi connectivity index (χ0) is 24.3. The van der Waals surface area contributed by atoms with Crippen molar-refractivity contribution in [3.63, 3.8) is 0 Å². The van der Waals surface area contributed by atoms with E-state index in [4.69, 9.17) is 0 Å². The number of aromatic nitrogens is 4. The van der Waals surface area contributed by atoms with Gasteiger partial charge in [0, 0.05) is 36.8 Å². The monoisotopic (exact) mass is 481 g/mol. The minimum atomic E-state index is -0.257. The molecule has 8 nitrogen and oxygen atoms in total. The Labute approximate surface area is 210 Å². The largest absolute Gasteiger partial charge is 0.370 e. The smallest absolute Gasteiger partial charge is 0.276 e. The zero-order valence-electron chi connectivity index (χ0n) is 20.4. The normalized spacial score (nSPS) is 16.5. The van der Waals surface area contributed by atoms with Gasteiger partial charge in [-0.05, 0) is 81.1 Å². The molecule has 2 aliphatic rings. The number of carbonyl (C=O) groups is 1. The van der Waals surface area contributed by atoms with Crippen LogP contribution in [0.1, 0.15) is 48.3 Å². The number of H-pyrrole nitrogens is 1. The van der Waals surface area contributed by atoms with Crippen LogP contribution < -0.4 is 10.2 Å². The van der Waals surface area contributed by atoms with E-state index in [1.165, 1.54) is 32.1 Å². The Hall–Kier alpha value is -3.78. The van der Waals surface area contributed by atoms with Crippen molar-refractivity contribution in [1.82, 2.24) is 25.1 Å². The molecule has 0 unspecified atom stereocenters. The molecule has 184 valence electrons. The fourth-order valence-electron chi connectivity index (χ4n) is 5.23. The minimum Gasteiger partial charge on any atom is -0.370 e. The molecule has 0 aliphatic carbocycles. The maximum Gasteiger partial charge on any atom is 0.276 e. The summed E-state index contributed by atoms with van der Waals surface area (Å²) in [6.45, 7) is 5.27. The highest BCUT2D eigenvalue weighted by molar-refractivity contribution is 6.11. The van der Waals surface area contributed by atoms with E-state index >= 15 is 0 Å². The van der Waals surface area contributed by atoms with Crippen LogP contribution in [-0.2, 0) is 6.54 Å². The van der Waals surface area contributed by atoms with Crippen molar-refractivity contribution in [3.8, 4) is 11.1 Å². The molecule has 0 bridgehead atoms. The lowest BCUT2D eigenvalue weighted by Gasteiger charge is -2.28. The van der Waals surface area contributed by atoms with Gasteiger partial charge in [-0.1, -0.05) is 6.07 Å². The fraction of sp³-hybridized carbons (Fsp3) is 0.357. The molecule has 0 atom stereocenters. The van der Waals surface area contributed by atoms with E-state index in [0.717, 1.165) is 66.1 Å². The second kappa shape index (κ2) is 10.1. The third kappa shape index (κ3) is 4.81. The van der Waals surface area contributed by atoms with E-state index in [1.807, 2.05) is 42.7 Å². The highest BCUT2D eigenvalue weighted by Crippen LogP contribution is 2.29. The number of piperidine rings is 1. The van der Waals surface area contributed by atoms with Gasteiger partial charge in [-0.3, -0.25) is 24.8 Å².